The maximum Gasteiger partial charge on any atom is 0.253 e. The van der Waals surface area contributed by atoms with Gasteiger partial charge in [-0.1, -0.05) is 53.4 Å². The van der Waals surface area contributed by atoms with Crippen LogP contribution in [0.3, 0.4) is 0 Å². The lowest BCUT2D eigenvalue weighted by Gasteiger charge is -2.36. The van der Waals surface area contributed by atoms with Crippen molar-refractivity contribution in [1.82, 2.24) is 5.32 Å². The van der Waals surface area contributed by atoms with Crippen molar-refractivity contribution >= 4 is 43.3 Å². The van der Waals surface area contributed by atoms with E-state index < -0.39 is 0 Å². The highest BCUT2D eigenvalue weighted by molar-refractivity contribution is 9.09. The molecule has 0 atom stereocenters. The lowest BCUT2D eigenvalue weighted by atomic mass is 9.83. The van der Waals surface area contributed by atoms with E-state index in [9.17, 15) is 4.79 Å². The van der Waals surface area contributed by atoms with E-state index in [-0.39, 0.29) is 11.4 Å². The highest BCUT2D eigenvalue weighted by Gasteiger charge is 2.33. The monoisotopic (exact) mass is 351 g/mol. The summed E-state index contributed by atoms with van der Waals surface area (Å²) in [7, 11) is 0. The molecule has 3 rings (SSSR count). The van der Waals surface area contributed by atoms with E-state index in [1.54, 1.807) is 11.3 Å². The van der Waals surface area contributed by atoms with Gasteiger partial charge in [-0.2, -0.15) is 0 Å². The van der Waals surface area contributed by atoms with Crippen LogP contribution >= 0.6 is 27.3 Å². The summed E-state index contributed by atoms with van der Waals surface area (Å²) in [5.74, 6) is 0.0730. The largest absolute Gasteiger partial charge is 0.346 e. The summed E-state index contributed by atoms with van der Waals surface area (Å²) in [6, 6.07) is 8.11. The zero-order valence-electron chi connectivity index (χ0n) is 11.3. The number of hydrogen-bond acceptors (Lipinski definition) is 2. The van der Waals surface area contributed by atoms with Gasteiger partial charge in [-0.3, -0.25) is 4.79 Å². The van der Waals surface area contributed by atoms with Gasteiger partial charge in [0.05, 0.1) is 11.1 Å². The average Bonchev–Trinajstić information content (AvgIpc) is 2.92. The Hall–Kier alpha value is -0.870. The van der Waals surface area contributed by atoms with E-state index in [2.05, 4.69) is 27.3 Å². The second-order valence-electron chi connectivity index (χ2n) is 5.57. The van der Waals surface area contributed by atoms with E-state index >= 15 is 0 Å². The van der Waals surface area contributed by atoms with Gasteiger partial charge in [0.2, 0.25) is 0 Å². The van der Waals surface area contributed by atoms with Crippen molar-refractivity contribution in [2.45, 2.75) is 37.6 Å². The molecule has 0 unspecified atom stereocenters. The third-order valence-corrected chi connectivity index (χ3v) is 6.21. The van der Waals surface area contributed by atoms with Gasteiger partial charge in [-0.05, 0) is 18.9 Å². The normalized spacial score (nSPS) is 18.1. The molecule has 2 nitrogen and oxygen atoms in total. The molecule has 1 amide bonds. The maximum absolute atomic E-state index is 12.6. The lowest BCUT2D eigenvalue weighted by molar-refractivity contribution is 0.0888. The van der Waals surface area contributed by atoms with Crippen LogP contribution in [-0.2, 0) is 0 Å². The molecule has 0 radical (unpaired) electrons. The van der Waals surface area contributed by atoms with Crippen LogP contribution in [-0.4, -0.2) is 16.8 Å². The number of halogens is 1. The minimum atomic E-state index is -0.0572. The van der Waals surface area contributed by atoms with Crippen molar-refractivity contribution in [3.05, 3.63) is 35.2 Å². The number of amides is 1. The minimum Gasteiger partial charge on any atom is -0.346 e. The Morgan fingerprint density at radius 2 is 2.00 bits per heavy atom. The molecule has 0 saturated heterocycles. The molecule has 1 aliphatic rings. The first-order chi connectivity index (χ1) is 9.74. The zero-order chi connectivity index (χ0) is 14.0. The van der Waals surface area contributed by atoms with Crippen LogP contribution in [0.2, 0.25) is 0 Å². The second kappa shape index (κ2) is 5.86. The molecular formula is C16H18BrNOS. The van der Waals surface area contributed by atoms with E-state index in [4.69, 9.17) is 0 Å². The molecule has 1 N–H and O–H groups in total. The fourth-order valence-electron chi connectivity index (χ4n) is 2.98. The van der Waals surface area contributed by atoms with Gasteiger partial charge in [0.15, 0.2) is 0 Å². The average molecular weight is 352 g/mol. The third kappa shape index (κ3) is 2.63. The summed E-state index contributed by atoms with van der Waals surface area (Å²) in [6.07, 6.45) is 5.84. The van der Waals surface area contributed by atoms with Crippen molar-refractivity contribution in [3.63, 3.8) is 0 Å². The summed E-state index contributed by atoms with van der Waals surface area (Å²) in [5.41, 5.74) is 0.759. The molecule has 0 bridgehead atoms. The predicted molar refractivity (Wildman–Crippen MR) is 88.9 cm³/mol. The van der Waals surface area contributed by atoms with Gasteiger partial charge in [0, 0.05) is 20.8 Å². The van der Waals surface area contributed by atoms with E-state index in [0.29, 0.717) is 0 Å². The number of alkyl halides is 1. The molecule has 0 aliphatic heterocycles. The lowest BCUT2D eigenvalue weighted by Crippen LogP contribution is -2.51. The van der Waals surface area contributed by atoms with Crippen LogP contribution in [0.25, 0.3) is 10.1 Å². The van der Waals surface area contributed by atoms with Crippen molar-refractivity contribution < 1.29 is 4.79 Å². The number of rotatable bonds is 3. The maximum atomic E-state index is 12.6. The van der Waals surface area contributed by atoms with Crippen LogP contribution in [0.5, 0.6) is 0 Å². The molecule has 1 saturated carbocycles. The fourth-order valence-corrected chi connectivity index (χ4v) is 4.62. The number of carbonyl (C=O) groups is 1. The summed E-state index contributed by atoms with van der Waals surface area (Å²) in [5, 5.41) is 7.18. The fraction of sp³-hybridized carbons (Fsp3) is 0.438. The Labute approximate surface area is 131 Å². The molecule has 106 valence electrons. The molecule has 2 aromatic rings. The first kappa shape index (κ1) is 14.1. The van der Waals surface area contributed by atoms with Crippen LogP contribution in [0, 0.1) is 0 Å². The van der Waals surface area contributed by atoms with Crippen molar-refractivity contribution in [2.75, 3.05) is 5.33 Å². The van der Waals surface area contributed by atoms with Gasteiger partial charge < -0.3 is 5.32 Å². The van der Waals surface area contributed by atoms with E-state index in [1.807, 2.05) is 23.6 Å². The van der Waals surface area contributed by atoms with E-state index in [0.717, 1.165) is 29.1 Å². The number of nitrogens with one attached hydrogen (secondary N) is 1. The first-order valence-corrected chi connectivity index (χ1v) is 9.09. The quantitative estimate of drug-likeness (QED) is 0.795. The van der Waals surface area contributed by atoms with Gasteiger partial charge in [-0.25, -0.2) is 0 Å². The summed E-state index contributed by atoms with van der Waals surface area (Å²) < 4.78 is 1.18. The molecule has 0 spiro atoms. The van der Waals surface area contributed by atoms with Crippen molar-refractivity contribution in [1.29, 1.82) is 0 Å². The Morgan fingerprint density at radius 1 is 1.25 bits per heavy atom. The topological polar surface area (TPSA) is 29.1 Å². The Balaban J connectivity index is 1.85. The molecule has 4 heteroatoms. The Bertz CT molecular complexity index is 616. The highest BCUT2D eigenvalue weighted by Crippen LogP contribution is 2.31. The van der Waals surface area contributed by atoms with Gasteiger partial charge in [0.1, 0.15) is 0 Å². The second-order valence-corrected chi connectivity index (χ2v) is 7.05. The molecule has 20 heavy (non-hydrogen) atoms. The standard InChI is InChI=1S/C16H18BrNOS/c17-11-16(8-4-1-5-9-16)18-15(19)13-10-20-14-7-3-2-6-12(13)14/h2-3,6-7,10H,1,4-5,8-9,11H2,(H,18,19). The molecule has 1 aromatic carbocycles. The zero-order valence-corrected chi connectivity index (χ0v) is 13.7. The first-order valence-electron chi connectivity index (χ1n) is 7.09. The summed E-state index contributed by atoms with van der Waals surface area (Å²) in [4.78, 5) is 12.6. The Kier molecular flexibility index (Phi) is 4.13. The molecule has 1 fully saturated rings. The number of thiophene rings is 1. The number of carbonyl (C=O) groups excluding carboxylic acids is 1. The SMILES string of the molecule is O=C(NC1(CBr)CCCCC1)c1csc2ccccc12. The van der Waals surface area contributed by atoms with Crippen LogP contribution in [0.15, 0.2) is 29.6 Å². The smallest absolute Gasteiger partial charge is 0.253 e. The summed E-state index contributed by atoms with van der Waals surface area (Å²) >= 11 is 5.24. The van der Waals surface area contributed by atoms with Crippen LogP contribution in [0.4, 0.5) is 0 Å². The molecule has 1 aliphatic carbocycles. The summed E-state index contributed by atoms with van der Waals surface area (Å²) in [6.45, 7) is 0. The predicted octanol–water partition coefficient (Wildman–Crippen LogP) is 4.73. The number of fused-ring (bicyclic) bond motifs is 1. The number of benzene rings is 1. The van der Waals surface area contributed by atoms with Gasteiger partial charge in [0.25, 0.3) is 5.91 Å². The van der Waals surface area contributed by atoms with Crippen LogP contribution in [0.1, 0.15) is 42.5 Å². The number of hydrogen-bond donors (Lipinski definition) is 1. The van der Waals surface area contributed by atoms with E-state index in [1.165, 1.54) is 24.0 Å². The van der Waals surface area contributed by atoms with Gasteiger partial charge in [-0.15, -0.1) is 11.3 Å². The molecular weight excluding hydrogens is 334 g/mol. The third-order valence-electron chi connectivity index (χ3n) is 4.17. The van der Waals surface area contributed by atoms with Crippen molar-refractivity contribution in [3.8, 4) is 0 Å². The van der Waals surface area contributed by atoms with Crippen molar-refractivity contribution in [2.24, 2.45) is 0 Å². The van der Waals surface area contributed by atoms with Crippen LogP contribution < -0.4 is 5.32 Å². The molecule has 1 aromatic heterocycles. The minimum absolute atomic E-state index is 0.0572. The van der Waals surface area contributed by atoms with Gasteiger partial charge >= 0.3 is 0 Å². The molecule has 1 heterocycles. The Morgan fingerprint density at radius 3 is 2.75 bits per heavy atom. The highest BCUT2D eigenvalue weighted by atomic mass is 79.9.